The van der Waals surface area contributed by atoms with Crippen LogP contribution in [-0.4, -0.2) is 18.1 Å². The molecule has 27 heavy (non-hydrogen) atoms. The number of pyridine rings is 1. The number of rotatable bonds is 9. The van der Waals surface area contributed by atoms with E-state index in [9.17, 15) is 0 Å². The maximum Gasteiger partial charge on any atom is 0.219 e. The summed E-state index contributed by atoms with van der Waals surface area (Å²) in [6, 6.07) is 11.4. The predicted molar refractivity (Wildman–Crippen MR) is 105 cm³/mol. The summed E-state index contributed by atoms with van der Waals surface area (Å²) < 4.78 is 11.6. The SMILES string of the molecule is CCOc1cc(CNCCC2CCCC2)ccc1Oc1ccc(C#N)cn1. The van der Waals surface area contributed by atoms with Crippen LogP contribution in [0.25, 0.3) is 0 Å². The molecule has 0 atom stereocenters. The Morgan fingerprint density at radius 2 is 2.04 bits per heavy atom. The first-order valence-electron chi connectivity index (χ1n) is 9.79. The first kappa shape index (κ1) is 19.2. The van der Waals surface area contributed by atoms with Crippen LogP contribution in [0, 0.1) is 17.2 Å². The Balaban J connectivity index is 1.58. The fourth-order valence-electron chi connectivity index (χ4n) is 3.47. The summed E-state index contributed by atoms with van der Waals surface area (Å²) in [4.78, 5) is 4.15. The van der Waals surface area contributed by atoms with E-state index in [2.05, 4.69) is 10.3 Å². The van der Waals surface area contributed by atoms with Gasteiger partial charge in [0.1, 0.15) is 6.07 Å². The highest BCUT2D eigenvalue weighted by molar-refractivity contribution is 5.45. The molecule has 5 nitrogen and oxygen atoms in total. The summed E-state index contributed by atoms with van der Waals surface area (Å²) in [5.74, 6) is 2.69. The predicted octanol–water partition coefficient (Wildman–Crippen LogP) is 4.81. The Hall–Kier alpha value is -2.58. The minimum absolute atomic E-state index is 0.442. The van der Waals surface area contributed by atoms with Gasteiger partial charge in [-0.3, -0.25) is 0 Å². The van der Waals surface area contributed by atoms with Crippen molar-refractivity contribution in [3.8, 4) is 23.4 Å². The van der Waals surface area contributed by atoms with Gasteiger partial charge >= 0.3 is 0 Å². The van der Waals surface area contributed by atoms with Gasteiger partial charge in [0.05, 0.1) is 12.2 Å². The number of nitrogens with one attached hydrogen (secondary N) is 1. The zero-order valence-corrected chi connectivity index (χ0v) is 15.9. The summed E-state index contributed by atoms with van der Waals surface area (Å²) in [6.07, 6.45) is 8.36. The molecule has 2 aromatic rings. The van der Waals surface area contributed by atoms with Crippen molar-refractivity contribution < 1.29 is 9.47 Å². The molecule has 0 amide bonds. The van der Waals surface area contributed by atoms with E-state index in [4.69, 9.17) is 14.7 Å². The van der Waals surface area contributed by atoms with Crippen LogP contribution in [-0.2, 0) is 6.54 Å². The normalized spacial score (nSPS) is 14.1. The van der Waals surface area contributed by atoms with E-state index in [0.29, 0.717) is 29.5 Å². The topological polar surface area (TPSA) is 67.2 Å². The van der Waals surface area contributed by atoms with Crippen LogP contribution < -0.4 is 14.8 Å². The second-order valence-electron chi connectivity index (χ2n) is 6.93. The molecule has 1 fully saturated rings. The van der Waals surface area contributed by atoms with Gasteiger partial charge in [0, 0.05) is 18.8 Å². The lowest BCUT2D eigenvalue weighted by Gasteiger charge is -2.14. The maximum absolute atomic E-state index is 8.86. The molecule has 0 saturated heterocycles. The molecule has 0 radical (unpaired) electrons. The molecule has 5 heteroatoms. The fraction of sp³-hybridized carbons (Fsp3) is 0.455. The Kier molecular flexibility index (Phi) is 7.06. The average molecular weight is 365 g/mol. The molecule has 1 N–H and O–H groups in total. The molecule has 0 spiro atoms. The van der Waals surface area contributed by atoms with Gasteiger partial charge in [-0.25, -0.2) is 4.98 Å². The number of hydrogen-bond acceptors (Lipinski definition) is 5. The van der Waals surface area contributed by atoms with E-state index in [-0.39, 0.29) is 0 Å². The molecular weight excluding hydrogens is 338 g/mol. The van der Waals surface area contributed by atoms with Crippen molar-refractivity contribution in [1.29, 1.82) is 5.26 Å². The van der Waals surface area contributed by atoms with E-state index < -0.39 is 0 Å². The van der Waals surface area contributed by atoms with Crippen LogP contribution in [0.1, 0.15) is 50.2 Å². The second kappa shape index (κ2) is 9.94. The number of aromatic nitrogens is 1. The third-order valence-corrected chi connectivity index (χ3v) is 4.92. The second-order valence-corrected chi connectivity index (χ2v) is 6.93. The number of nitrogens with zero attached hydrogens (tertiary/aromatic N) is 2. The van der Waals surface area contributed by atoms with E-state index >= 15 is 0 Å². The van der Waals surface area contributed by atoms with Crippen molar-refractivity contribution in [3.63, 3.8) is 0 Å². The van der Waals surface area contributed by atoms with Crippen LogP contribution >= 0.6 is 0 Å². The van der Waals surface area contributed by atoms with Gasteiger partial charge in [0.15, 0.2) is 11.5 Å². The summed E-state index contributed by atoms with van der Waals surface area (Å²) in [5.41, 5.74) is 1.68. The number of hydrogen-bond donors (Lipinski definition) is 1. The minimum Gasteiger partial charge on any atom is -0.490 e. The standard InChI is InChI=1S/C22H27N3O2/c1-2-26-21-13-18(15-24-12-11-17-5-3-4-6-17)7-9-20(21)27-22-10-8-19(14-23)16-25-22/h7-10,13,16-17,24H,2-6,11-12,15H2,1H3. The average Bonchev–Trinajstić information content (AvgIpc) is 3.21. The van der Waals surface area contributed by atoms with Crippen molar-refractivity contribution in [2.24, 2.45) is 5.92 Å². The van der Waals surface area contributed by atoms with Crippen LogP contribution in [0.15, 0.2) is 36.5 Å². The van der Waals surface area contributed by atoms with E-state index in [1.54, 1.807) is 12.1 Å². The Morgan fingerprint density at radius 1 is 1.19 bits per heavy atom. The van der Waals surface area contributed by atoms with Gasteiger partial charge in [-0.05, 0) is 49.6 Å². The molecule has 0 bridgehead atoms. The third-order valence-electron chi connectivity index (χ3n) is 4.92. The molecule has 1 aromatic heterocycles. The highest BCUT2D eigenvalue weighted by Gasteiger charge is 2.14. The largest absolute Gasteiger partial charge is 0.490 e. The molecule has 142 valence electrons. The zero-order chi connectivity index (χ0) is 18.9. The van der Waals surface area contributed by atoms with Gasteiger partial charge in [-0.15, -0.1) is 0 Å². The highest BCUT2D eigenvalue weighted by atomic mass is 16.5. The van der Waals surface area contributed by atoms with Crippen molar-refractivity contribution in [2.75, 3.05) is 13.2 Å². The van der Waals surface area contributed by atoms with Crippen LogP contribution in [0.3, 0.4) is 0 Å². The van der Waals surface area contributed by atoms with Crippen LogP contribution in [0.5, 0.6) is 17.4 Å². The van der Waals surface area contributed by atoms with Crippen LogP contribution in [0.2, 0.25) is 0 Å². The number of nitriles is 1. The lowest BCUT2D eigenvalue weighted by Crippen LogP contribution is -2.17. The van der Waals surface area contributed by atoms with Gasteiger partial charge in [-0.1, -0.05) is 31.7 Å². The zero-order valence-electron chi connectivity index (χ0n) is 15.9. The lowest BCUT2D eigenvalue weighted by atomic mass is 10.0. The summed E-state index contributed by atoms with van der Waals surface area (Å²) in [5, 5.41) is 12.4. The monoisotopic (exact) mass is 365 g/mol. The molecule has 1 aliphatic carbocycles. The first-order valence-corrected chi connectivity index (χ1v) is 9.79. The Labute approximate surface area is 161 Å². The summed E-state index contributed by atoms with van der Waals surface area (Å²) in [7, 11) is 0. The molecule has 0 aliphatic heterocycles. The van der Waals surface area contributed by atoms with E-state index in [0.717, 1.165) is 19.0 Å². The molecular formula is C22H27N3O2. The molecule has 0 unspecified atom stereocenters. The minimum atomic E-state index is 0.442. The molecule has 1 aliphatic rings. The smallest absolute Gasteiger partial charge is 0.219 e. The van der Waals surface area contributed by atoms with Crippen molar-refractivity contribution in [3.05, 3.63) is 47.7 Å². The Morgan fingerprint density at radius 3 is 2.74 bits per heavy atom. The van der Waals surface area contributed by atoms with Gasteiger partial charge < -0.3 is 14.8 Å². The number of ether oxygens (including phenoxy) is 2. The molecule has 1 saturated carbocycles. The quantitative estimate of drug-likeness (QED) is 0.646. The van der Waals surface area contributed by atoms with Crippen molar-refractivity contribution >= 4 is 0 Å². The third kappa shape index (κ3) is 5.70. The molecule has 1 aromatic carbocycles. The maximum atomic E-state index is 8.86. The van der Waals surface area contributed by atoms with E-state index in [1.807, 2.05) is 31.2 Å². The fourth-order valence-corrected chi connectivity index (χ4v) is 3.47. The van der Waals surface area contributed by atoms with Crippen molar-refractivity contribution in [2.45, 2.75) is 45.6 Å². The van der Waals surface area contributed by atoms with Gasteiger partial charge in [0.2, 0.25) is 5.88 Å². The molecule has 3 rings (SSSR count). The van der Waals surface area contributed by atoms with E-state index in [1.165, 1.54) is 43.9 Å². The first-order chi connectivity index (χ1) is 13.3. The molecule has 1 heterocycles. The lowest BCUT2D eigenvalue weighted by molar-refractivity contribution is 0.319. The highest BCUT2D eigenvalue weighted by Crippen LogP contribution is 2.32. The Bertz CT molecular complexity index is 762. The number of benzene rings is 1. The summed E-state index contributed by atoms with van der Waals surface area (Å²) in [6.45, 7) is 4.40. The van der Waals surface area contributed by atoms with Crippen molar-refractivity contribution in [1.82, 2.24) is 10.3 Å². The summed E-state index contributed by atoms with van der Waals surface area (Å²) >= 11 is 0. The van der Waals surface area contributed by atoms with Crippen LogP contribution in [0.4, 0.5) is 0 Å². The van der Waals surface area contributed by atoms with Gasteiger partial charge in [0.25, 0.3) is 0 Å². The van der Waals surface area contributed by atoms with Gasteiger partial charge in [-0.2, -0.15) is 5.26 Å².